The van der Waals surface area contributed by atoms with Crippen LogP contribution >= 0.6 is 0 Å². The third-order valence-electron chi connectivity index (χ3n) is 3.53. The standard InChI is InChI=1S/C11H21NO2/c1-9(2)12(3)11(10(13)14)7-5-4-6-8-11/h9H,4-8H2,1-3H3,(H,13,14). The molecule has 0 radical (unpaired) electrons. The van der Waals surface area contributed by atoms with E-state index in [2.05, 4.69) is 13.8 Å². The van der Waals surface area contributed by atoms with Gasteiger partial charge in [-0.05, 0) is 33.7 Å². The number of nitrogens with zero attached hydrogens (tertiary/aromatic N) is 1. The Bertz CT molecular complexity index is 207. The maximum Gasteiger partial charge on any atom is 0.324 e. The molecule has 0 amide bonds. The van der Waals surface area contributed by atoms with E-state index in [4.69, 9.17) is 0 Å². The van der Waals surface area contributed by atoms with Crippen molar-refractivity contribution in [3.63, 3.8) is 0 Å². The average molecular weight is 199 g/mol. The summed E-state index contributed by atoms with van der Waals surface area (Å²) < 4.78 is 0. The van der Waals surface area contributed by atoms with Crippen LogP contribution < -0.4 is 0 Å². The molecule has 0 heterocycles. The summed E-state index contributed by atoms with van der Waals surface area (Å²) in [6.07, 6.45) is 4.88. The summed E-state index contributed by atoms with van der Waals surface area (Å²) in [5.41, 5.74) is -0.591. The summed E-state index contributed by atoms with van der Waals surface area (Å²) in [4.78, 5) is 13.4. The Hall–Kier alpha value is -0.570. The van der Waals surface area contributed by atoms with Crippen LogP contribution in [0.1, 0.15) is 46.0 Å². The number of likely N-dealkylation sites (N-methyl/N-ethyl adjacent to an activating group) is 1. The van der Waals surface area contributed by atoms with Gasteiger partial charge in [0.1, 0.15) is 5.54 Å². The quantitative estimate of drug-likeness (QED) is 0.756. The van der Waals surface area contributed by atoms with E-state index in [1.807, 2.05) is 11.9 Å². The number of carboxylic acid groups (broad SMARTS) is 1. The Balaban J connectivity index is 2.85. The smallest absolute Gasteiger partial charge is 0.324 e. The van der Waals surface area contributed by atoms with Gasteiger partial charge in [0.2, 0.25) is 0 Å². The van der Waals surface area contributed by atoms with E-state index in [0.29, 0.717) is 6.04 Å². The second-order valence-electron chi connectivity index (χ2n) is 4.60. The number of carboxylic acids is 1. The molecule has 3 nitrogen and oxygen atoms in total. The Morgan fingerprint density at radius 3 is 2.14 bits per heavy atom. The van der Waals surface area contributed by atoms with Gasteiger partial charge in [0, 0.05) is 6.04 Å². The molecule has 3 heteroatoms. The van der Waals surface area contributed by atoms with Crippen LogP contribution in [0.25, 0.3) is 0 Å². The lowest BCUT2D eigenvalue weighted by Gasteiger charge is -2.43. The summed E-state index contributed by atoms with van der Waals surface area (Å²) in [6.45, 7) is 4.11. The highest BCUT2D eigenvalue weighted by atomic mass is 16.4. The van der Waals surface area contributed by atoms with E-state index in [1.54, 1.807) is 0 Å². The lowest BCUT2D eigenvalue weighted by Crippen LogP contribution is -2.56. The molecule has 0 saturated heterocycles. The highest BCUT2D eigenvalue weighted by molar-refractivity contribution is 5.79. The van der Waals surface area contributed by atoms with Crippen LogP contribution in [0.3, 0.4) is 0 Å². The Kier molecular flexibility index (Phi) is 3.53. The van der Waals surface area contributed by atoms with Gasteiger partial charge in [-0.3, -0.25) is 9.69 Å². The molecule has 14 heavy (non-hydrogen) atoms. The molecule has 1 aliphatic rings. The van der Waals surface area contributed by atoms with E-state index < -0.39 is 11.5 Å². The third kappa shape index (κ3) is 1.92. The first kappa shape index (κ1) is 11.5. The van der Waals surface area contributed by atoms with Crippen LogP contribution in [-0.2, 0) is 4.79 Å². The number of rotatable bonds is 3. The molecule has 0 aromatic rings. The van der Waals surface area contributed by atoms with Crippen LogP contribution in [0.15, 0.2) is 0 Å². The van der Waals surface area contributed by atoms with Crippen LogP contribution in [-0.4, -0.2) is 34.6 Å². The SMILES string of the molecule is CC(C)N(C)C1(C(=O)O)CCCCC1. The van der Waals surface area contributed by atoms with E-state index in [-0.39, 0.29) is 0 Å². The van der Waals surface area contributed by atoms with Crippen molar-refractivity contribution in [1.82, 2.24) is 4.90 Å². The molecule has 0 aromatic heterocycles. The highest BCUT2D eigenvalue weighted by Crippen LogP contribution is 2.34. The van der Waals surface area contributed by atoms with Crippen molar-refractivity contribution in [2.45, 2.75) is 57.5 Å². The van der Waals surface area contributed by atoms with Crippen LogP contribution in [0.2, 0.25) is 0 Å². The minimum atomic E-state index is -0.645. The number of aliphatic carboxylic acids is 1. The number of carbonyl (C=O) groups is 1. The normalized spacial score (nSPS) is 21.5. The summed E-state index contributed by atoms with van der Waals surface area (Å²) >= 11 is 0. The van der Waals surface area contributed by atoms with Gasteiger partial charge in [-0.15, -0.1) is 0 Å². The Labute approximate surface area is 86.1 Å². The maximum absolute atomic E-state index is 11.4. The predicted molar refractivity (Wildman–Crippen MR) is 56.4 cm³/mol. The summed E-state index contributed by atoms with van der Waals surface area (Å²) in [5, 5.41) is 9.37. The first-order valence-electron chi connectivity index (χ1n) is 5.47. The monoisotopic (exact) mass is 199 g/mol. The van der Waals surface area contributed by atoms with Gasteiger partial charge < -0.3 is 5.11 Å². The fraction of sp³-hybridized carbons (Fsp3) is 0.909. The van der Waals surface area contributed by atoms with E-state index in [1.165, 1.54) is 6.42 Å². The van der Waals surface area contributed by atoms with Gasteiger partial charge in [-0.25, -0.2) is 0 Å². The molecule has 0 unspecified atom stereocenters. The van der Waals surface area contributed by atoms with Gasteiger partial charge in [0.25, 0.3) is 0 Å². The van der Waals surface area contributed by atoms with Gasteiger partial charge in [-0.1, -0.05) is 19.3 Å². The second-order valence-corrected chi connectivity index (χ2v) is 4.60. The van der Waals surface area contributed by atoms with E-state index in [0.717, 1.165) is 25.7 Å². The lowest BCUT2D eigenvalue weighted by atomic mass is 9.80. The maximum atomic E-state index is 11.4. The molecule has 0 aromatic carbocycles. The van der Waals surface area contributed by atoms with Gasteiger partial charge >= 0.3 is 5.97 Å². The molecular weight excluding hydrogens is 178 g/mol. The molecule has 1 N–H and O–H groups in total. The number of hydrogen-bond acceptors (Lipinski definition) is 2. The fourth-order valence-corrected chi connectivity index (χ4v) is 2.35. The zero-order valence-electron chi connectivity index (χ0n) is 9.42. The van der Waals surface area contributed by atoms with Crippen molar-refractivity contribution in [2.75, 3.05) is 7.05 Å². The zero-order valence-corrected chi connectivity index (χ0v) is 9.42. The largest absolute Gasteiger partial charge is 0.480 e. The van der Waals surface area contributed by atoms with E-state index in [9.17, 15) is 9.90 Å². The molecule has 0 bridgehead atoms. The zero-order chi connectivity index (χ0) is 10.8. The predicted octanol–water partition coefficient (Wildman–Crippen LogP) is 2.11. The molecule has 0 spiro atoms. The van der Waals surface area contributed by atoms with Gasteiger partial charge in [-0.2, -0.15) is 0 Å². The average Bonchev–Trinajstić information content (AvgIpc) is 2.17. The summed E-state index contributed by atoms with van der Waals surface area (Å²) in [5.74, 6) is -0.645. The summed E-state index contributed by atoms with van der Waals surface area (Å²) in [7, 11) is 1.93. The van der Waals surface area contributed by atoms with Crippen LogP contribution in [0, 0.1) is 0 Å². The van der Waals surface area contributed by atoms with E-state index >= 15 is 0 Å². The van der Waals surface area contributed by atoms with Gasteiger partial charge in [0.15, 0.2) is 0 Å². The topological polar surface area (TPSA) is 40.5 Å². The molecule has 1 aliphatic carbocycles. The fourth-order valence-electron chi connectivity index (χ4n) is 2.35. The van der Waals surface area contributed by atoms with Crippen molar-refractivity contribution < 1.29 is 9.90 Å². The molecule has 0 atom stereocenters. The first-order valence-corrected chi connectivity index (χ1v) is 5.47. The van der Waals surface area contributed by atoms with Gasteiger partial charge in [0.05, 0.1) is 0 Å². The van der Waals surface area contributed by atoms with Crippen LogP contribution in [0.5, 0.6) is 0 Å². The Morgan fingerprint density at radius 1 is 1.29 bits per heavy atom. The first-order chi connectivity index (χ1) is 6.50. The van der Waals surface area contributed by atoms with Crippen molar-refractivity contribution in [3.8, 4) is 0 Å². The van der Waals surface area contributed by atoms with Crippen LogP contribution in [0.4, 0.5) is 0 Å². The molecule has 1 fully saturated rings. The third-order valence-corrected chi connectivity index (χ3v) is 3.53. The minimum Gasteiger partial charge on any atom is -0.480 e. The Morgan fingerprint density at radius 2 is 1.79 bits per heavy atom. The molecule has 82 valence electrons. The lowest BCUT2D eigenvalue weighted by molar-refractivity contribution is -0.154. The second kappa shape index (κ2) is 4.30. The molecular formula is C11H21NO2. The number of hydrogen-bond donors (Lipinski definition) is 1. The summed E-state index contributed by atoms with van der Waals surface area (Å²) in [6, 6.07) is 0.296. The highest BCUT2D eigenvalue weighted by Gasteiger charge is 2.43. The van der Waals surface area contributed by atoms with Crippen molar-refractivity contribution >= 4 is 5.97 Å². The van der Waals surface area contributed by atoms with Crippen molar-refractivity contribution in [2.24, 2.45) is 0 Å². The van der Waals surface area contributed by atoms with Crippen molar-refractivity contribution in [1.29, 1.82) is 0 Å². The molecule has 1 saturated carbocycles. The van der Waals surface area contributed by atoms with Crippen molar-refractivity contribution in [3.05, 3.63) is 0 Å². The molecule has 1 rings (SSSR count). The molecule has 0 aliphatic heterocycles. The minimum absolute atomic E-state index is 0.296.